The van der Waals surface area contributed by atoms with E-state index in [0.29, 0.717) is 37.3 Å². The average Bonchev–Trinajstić information content (AvgIpc) is 3.08. The van der Waals surface area contributed by atoms with Gasteiger partial charge in [0.2, 0.25) is 5.91 Å². The first-order valence-corrected chi connectivity index (χ1v) is 12.1. The van der Waals surface area contributed by atoms with Crippen LogP contribution in [-0.2, 0) is 4.79 Å². The molecule has 1 amide bonds. The number of rotatable bonds is 5. The lowest BCUT2D eigenvalue weighted by Gasteiger charge is -2.16. The van der Waals surface area contributed by atoms with E-state index in [1.54, 1.807) is 55.5 Å². The van der Waals surface area contributed by atoms with Gasteiger partial charge in [0, 0.05) is 9.90 Å². The number of aromatic nitrogens is 2. The molecule has 0 bridgehead atoms. The molecule has 4 aromatic rings. The van der Waals surface area contributed by atoms with Gasteiger partial charge in [-0.3, -0.25) is 14.2 Å². The standard InChI is InChI=1S/C24H19ClN4O2S2/c1-13-14(2)32-22-20(13)23(31)29(18-10-8-17(25)9-11-18)24(28-22)33-15(3)21(30)27-19-7-5-4-6-16(19)12-26/h4-11,15H,1-3H3,(H,27,30). The van der Waals surface area contributed by atoms with Gasteiger partial charge in [0.1, 0.15) is 10.9 Å². The van der Waals surface area contributed by atoms with E-state index in [1.165, 1.54) is 27.7 Å². The number of halogens is 1. The average molecular weight is 495 g/mol. The van der Waals surface area contributed by atoms with E-state index in [1.807, 2.05) is 13.8 Å². The zero-order valence-corrected chi connectivity index (χ0v) is 20.4. The number of nitrogens with zero attached hydrogens (tertiary/aromatic N) is 3. The van der Waals surface area contributed by atoms with Gasteiger partial charge >= 0.3 is 0 Å². The van der Waals surface area contributed by atoms with Gasteiger partial charge in [-0.15, -0.1) is 11.3 Å². The molecule has 2 aromatic heterocycles. The topological polar surface area (TPSA) is 87.8 Å². The van der Waals surface area contributed by atoms with Crippen LogP contribution in [0.3, 0.4) is 0 Å². The molecule has 0 fully saturated rings. The maximum atomic E-state index is 13.5. The molecule has 1 atom stereocenters. The van der Waals surface area contributed by atoms with E-state index < -0.39 is 5.25 Å². The van der Waals surface area contributed by atoms with Crippen LogP contribution in [0.4, 0.5) is 5.69 Å². The summed E-state index contributed by atoms with van der Waals surface area (Å²) in [4.78, 5) is 32.9. The molecule has 9 heteroatoms. The zero-order valence-electron chi connectivity index (χ0n) is 18.0. The smallest absolute Gasteiger partial charge is 0.267 e. The Morgan fingerprint density at radius 1 is 1.21 bits per heavy atom. The summed E-state index contributed by atoms with van der Waals surface area (Å²) in [6, 6.07) is 15.8. The Bertz CT molecular complexity index is 1470. The Hall–Kier alpha value is -3.12. The first-order chi connectivity index (χ1) is 15.8. The quantitative estimate of drug-likeness (QED) is 0.283. The molecule has 0 saturated carbocycles. The number of benzene rings is 2. The van der Waals surface area contributed by atoms with Crippen LogP contribution < -0.4 is 10.9 Å². The second-order valence-corrected chi connectivity index (χ2v) is 10.3. The Kier molecular flexibility index (Phi) is 6.56. The number of nitrogens with one attached hydrogen (secondary N) is 1. The minimum absolute atomic E-state index is 0.186. The summed E-state index contributed by atoms with van der Waals surface area (Å²) in [6.45, 7) is 5.62. The van der Waals surface area contributed by atoms with Gasteiger partial charge < -0.3 is 5.32 Å². The number of carbonyl (C=O) groups excluding carboxylic acids is 1. The first-order valence-electron chi connectivity index (χ1n) is 10.1. The highest BCUT2D eigenvalue weighted by molar-refractivity contribution is 8.00. The number of hydrogen-bond donors (Lipinski definition) is 1. The lowest BCUT2D eigenvalue weighted by atomic mass is 10.2. The molecule has 0 aliphatic carbocycles. The van der Waals surface area contributed by atoms with Crippen LogP contribution in [-0.4, -0.2) is 20.7 Å². The van der Waals surface area contributed by atoms with Crippen LogP contribution >= 0.6 is 34.7 Å². The molecule has 6 nitrogen and oxygen atoms in total. The van der Waals surface area contributed by atoms with Crippen LogP contribution in [0.5, 0.6) is 0 Å². The lowest BCUT2D eigenvalue weighted by Crippen LogP contribution is -2.26. The first kappa shape index (κ1) is 23.1. The van der Waals surface area contributed by atoms with Crippen molar-refractivity contribution in [3.8, 4) is 11.8 Å². The molecule has 1 unspecified atom stereocenters. The summed E-state index contributed by atoms with van der Waals surface area (Å²) < 4.78 is 1.52. The van der Waals surface area contributed by atoms with E-state index in [9.17, 15) is 14.9 Å². The molecule has 1 N–H and O–H groups in total. The highest BCUT2D eigenvalue weighted by Gasteiger charge is 2.23. The molecule has 2 aromatic carbocycles. The highest BCUT2D eigenvalue weighted by atomic mass is 35.5. The molecular weight excluding hydrogens is 476 g/mol. The number of carbonyl (C=O) groups is 1. The Labute approximate surface area is 203 Å². The van der Waals surface area contributed by atoms with Crippen molar-refractivity contribution >= 4 is 56.5 Å². The zero-order chi connectivity index (χ0) is 23.7. The molecule has 4 rings (SSSR count). The number of anilines is 1. The molecule has 2 heterocycles. The lowest BCUT2D eigenvalue weighted by molar-refractivity contribution is -0.115. The number of aryl methyl sites for hydroxylation is 2. The highest BCUT2D eigenvalue weighted by Crippen LogP contribution is 2.31. The normalized spacial score (nSPS) is 11.8. The van der Waals surface area contributed by atoms with Gasteiger partial charge in [-0.05, 0) is 62.7 Å². The molecule has 0 aliphatic rings. The molecule has 166 valence electrons. The van der Waals surface area contributed by atoms with Crippen molar-refractivity contribution < 1.29 is 4.79 Å². The van der Waals surface area contributed by atoms with E-state index in [2.05, 4.69) is 11.4 Å². The number of thioether (sulfide) groups is 1. The van der Waals surface area contributed by atoms with Gasteiger partial charge in [-0.2, -0.15) is 5.26 Å². The number of nitriles is 1. The summed E-state index contributed by atoms with van der Waals surface area (Å²) >= 11 is 8.69. The predicted octanol–water partition coefficient (Wildman–Crippen LogP) is 5.71. The van der Waals surface area contributed by atoms with Crippen molar-refractivity contribution in [3.05, 3.63) is 79.9 Å². The second kappa shape index (κ2) is 9.40. The van der Waals surface area contributed by atoms with E-state index in [4.69, 9.17) is 16.6 Å². The molecule has 0 radical (unpaired) electrons. The van der Waals surface area contributed by atoms with Gasteiger partial charge in [-0.1, -0.05) is 35.5 Å². The fraction of sp³-hybridized carbons (Fsp3) is 0.167. The summed E-state index contributed by atoms with van der Waals surface area (Å²) in [6.07, 6.45) is 0. The fourth-order valence-electron chi connectivity index (χ4n) is 3.31. The van der Waals surface area contributed by atoms with Gasteiger partial charge in [0.05, 0.1) is 27.6 Å². The monoisotopic (exact) mass is 494 g/mol. The predicted molar refractivity (Wildman–Crippen MR) is 135 cm³/mol. The summed E-state index contributed by atoms with van der Waals surface area (Å²) in [5, 5.41) is 13.0. The van der Waals surface area contributed by atoms with E-state index in [0.717, 1.165) is 10.4 Å². The summed E-state index contributed by atoms with van der Waals surface area (Å²) in [7, 11) is 0. The third-order valence-electron chi connectivity index (χ3n) is 5.21. The summed E-state index contributed by atoms with van der Waals surface area (Å²) in [5.41, 5.74) is 2.16. The summed E-state index contributed by atoms with van der Waals surface area (Å²) in [5.74, 6) is -0.293. The number of fused-ring (bicyclic) bond motifs is 1. The van der Waals surface area contributed by atoms with Crippen LogP contribution in [0.15, 0.2) is 58.5 Å². The maximum absolute atomic E-state index is 13.5. The Balaban J connectivity index is 1.75. The molecule has 0 saturated heterocycles. The Morgan fingerprint density at radius 3 is 2.61 bits per heavy atom. The van der Waals surface area contributed by atoms with Crippen LogP contribution in [0.1, 0.15) is 22.9 Å². The third kappa shape index (κ3) is 4.53. The van der Waals surface area contributed by atoms with Crippen LogP contribution in [0, 0.1) is 25.2 Å². The minimum Gasteiger partial charge on any atom is -0.324 e. The van der Waals surface area contributed by atoms with E-state index in [-0.39, 0.29) is 11.5 Å². The van der Waals surface area contributed by atoms with Gasteiger partial charge in [-0.25, -0.2) is 4.98 Å². The SMILES string of the molecule is Cc1sc2nc(SC(C)C(=O)Nc3ccccc3C#N)n(-c3ccc(Cl)cc3)c(=O)c2c1C. The van der Waals surface area contributed by atoms with Crippen molar-refractivity contribution in [3.63, 3.8) is 0 Å². The van der Waals surface area contributed by atoms with Crippen LogP contribution in [0.25, 0.3) is 15.9 Å². The van der Waals surface area contributed by atoms with Crippen molar-refractivity contribution in [2.75, 3.05) is 5.32 Å². The fourth-order valence-corrected chi connectivity index (χ4v) is 5.43. The largest absolute Gasteiger partial charge is 0.324 e. The second-order valence-electron chi connectivity index (χ2n) is 7.38. The maximum Gasteiger partial charge on any atom is 0.267 e. The molecule has 33 heavy (non-hydrogen) atoms. The van der Waals surface area contributed by atoms with Gasteiger partial charge in [0.25, 0.3) is 5.56 Å². The Morgan fingerprint density at radius 2 is 1.91 bits per heavy atom. The number of thiophene rings is 1. The van der Waals surface area contributed by atoms with Crippen molar-refractivity contribution in [2.24, 2.45) is 0 Å². The van der Waals surface area contributed by atoms with Gasteiger partial charge in [0.15, 0.2) is 5.16 Å². The number of hydrogen-bond acceptors (Lipinski definition) is 6. The molecule has 0 aliphatic heterocycles. The van der Waals surface area contributed by atoms with Crippen molar-refractivity contribution in [2.45, 2.75) is 31.2 Å². The number of amides is 1. The third-order valence-corrected chi connectivity index (χ3v) is 7.62. The molecular formula is C24H19ClN4O2S2. The van der Waals surface area contributed by atoms with Crippen molar-refractivity contribution in [1.82, 2.24) is 9.55 Å². The van der Waals surface area contributed by atoms with Crippen LogP contribution in [0.2, 0.25) is 5.02 Å². The molecule has 0 spiro atoms. The van der Waals surface area contributed by atoms with E-state index >= 15 is 0 Å². The minimum atomic E-state index is -0.582. The van der Waals surface area contributed by atoms with Crippen molar-refractivity contribution in [1.29, 1.82) is 5.26 Å². The number of para-hydroxylation sites is 1.